The molecular formula is C14H27N3O5. The first-order valence-corrected chi connectivity index (χ1v) is 7.24. The first kappa shape index (κ1) is 20.3. The smallest absolute Gasteiger partial charge is 0.325 e. The lowest BCUT2D eigenvalue weighted by molar-refractivity contribution is -0.156. The number of carbonyl (C=O) groups excluding carboxylic acids is 3. The van der Waals surface area contributed by atoms with Gasteiger partial charge in [-0.25, -0.2) is 0 Å². The number of hydrogen-bond acceptors (Lipinski definition) is 7. The summed E-state index contributed by atoms with van der Waals surface area (Å²) in [6, 6.07) is -1.70. The Hall–Kier alpha value is -1.67. The summed E-state index contributed by atoms with van der Waals surface area (Å²) in [5, 5.41) is 2.36. The van der Waals surface area contributed by atoms with Crippen LogP contribution in [0.5, 0.6) is 0 Å². The van der Waals surface area contributed by atoms with Crippen molar-refractivity contribution < 1.29 is 23.9 Å². The van der Waals surface area contributed by atoms with Crippen molar-refractivity contribution in [1.82, 2.24) is 5.32 Å². The zero-order valence-corrected chi connectivity index (χ0v) is 13.7. The first-order valence-electron chi connectivity index (χ1n) is 7.24. The van der Waals surface area contributed by atoms with E-state index in [-0.39, 0.29) is 26.0 Å². The summed E-state index contributed by atoms with van der Waals surface area (Å²) in [6.07, 6.45) is 0.415. The van der Waals surface area contributed by atoms with Crippen molar-refractivity contribution in [3.63, 3.8) is 0 Å². The normalized spacial score (nSPS) is 13.9. The number of nitrogens with one attached hydrogen (secondary N) is 1. The molecule has 0 aliphatic rings. The van der Waals surface area contributed by atoms with Crippen molar-refractivity contribution in [2.45, 2.75) is 58.2 Å². The summed E-state index contributed by atoms with van der Waals surface area (Å²) in [4.78, 5) is 34.4. The Labute approximate surface area is 130 Å². The van der Waals surface area contributed by atoms with Gasteiger partial charge in [0.05, 0.1) is 12.6 Å². The second kappa shape index (κ2) is 9.37. The van der Waals surface area contributed by atoms with E-state index in [0.29, 0.717) is 0 Å². The van der Waals surface area contributed by atoms with Crippen LogP contribution in [0.25, 0.3) is 0 Å². The molecule has 0 aliphatic heterocycles. The Balaban J connectivity index is 4.10. The fraction of sp³-hybridized carbons (Fsp3) is 0.786. The molecule has 0 aromatic carbocycles. The van der Waals surface area contributed by atoms with Crippen LogP contribution >= 0.6 is 0 Å². The van der Waals surface area contributed by atoms with Crippen LogP contribution in [0.4, 0.5) is 0 Å². The highest BCUT2D eigenvalue weighted by Crippen LogP contribution is 2.10. The molecule has 5 N–H and O–H groups in total. The molecule has 128 valence electrons. The average Bonchev–Trinajstić information content (AvgIpc) is 2.40. The van der Waals surface area contributed by atoms with Gasteiger partial charge < -0.3 is 26.3 Å². The van der Waals surface area contributed by atoms with Crippen molar-refractivity contribution >= 4 is 17.8 Å². The van der Waals surface area contributed by atoms with Crippen LogP contribution in [0.2, 0.25) is 0 Å². The molecule has 22 heavy (non-hydrogen) atoms. The molecule has 0 bridgehead atoms. The number of hydrogen-bond donors (Lipinski definition) is 3. The van der Waals surface area contributed by atoms with Gasteiger partial charge in [-0.1, -0.05) is 0 Å². The van der Waals surface area contributed by atoms with Gasteiger partial charge in [0.15, 0.2) is 0 Å². The summed E-state index contributed by atoms with van der Waals surface area (Å²) in [6.45, 7) is 6.90. The van der Waals surface area contributed by atoms with E-state index in [2.05, 4.69) is 10.1 Å². The zero-order chi connectivity index (χ0) is 17.3. The van der Waals surface area contributed by atoms with Gasteiger partial charge in [-0.15, -0.1) is 0 Å². The molecule has 0 rings (SSSR count). The summed E-state index contributed by atoms with van der Waals surface area (Å²) < 4.78 is 9.80. The standard InChI is InChI=1S/C14H27N3O5/c1-5-21-11(18)8-17-12(19)9(15)6-7-10(16)13(20)22-14(2,3)4/h9-10H,5-8,15-16H2,1-4H3,(H,17,19)/t9-,10?/m0/s1. The highest BCUT2D eigenvalue weighted by atomic mass is 16.6. The van der Waals surface area contributed by atoms with Crippen LogP contribution in [-0.2, 0) is 23.9 Å². The lowest BCUT2D eigenvalue weighted by Crippen LogP contribution is -2.44. The number of esters is 2. The zero-order valence-electron chi connectivity index (χ0n) is 13.7. The van der Waals surface area contributed by atoms with Crippen molar-refractivity contribution in [3.8, 4) is 0 Å². The van der Waals surface area contributed by atoms with Crippen LogP contribution in [0.1, 0.15) is 40.5 Å². The van der Waals surface area contributed by atoms with Gasteiger partial charge >= 0.3 is 11.9 Å². The third-order valence-corrected chi connectivity index (χ3v) is 2.55. The SMILES string of the molecule is CCOC(=O)CNC(=O)[C@@H](N)CCC(N)C(=O)OC(C)(C)C. The third-order valence-electron chi connectivity index (χ3n) is 2.55. The summed E-state index contributed by atoms with van der Waals surface area (Å²) >= 11 is 0. The van der Waals surface area contributed by atoms with Gasteiger partial charge in [-0.3, -0.25) is 14.4 Å². The molecule has 8 nitrogen and oxygen atoms in total. The molecule has 8 heteroatoms. The molecule has 0 aromatic rings. The Morgan fingerprint density at radius 2 is 1.64 bits per heavy atom. The molecule has 0 saturated carbocycles. The van der Waals surface area contributed by atoms with Crippen LogP contribution in [0.3, 0.4) is 0 Å². The van der Waals surface area contributed by atoms with Gasteiger partial charge in [0.25, 0.3) is 0 Å². The molecule has 1 unspecified atom stereocenters. The average molecular weight is 317 g/mol. The molecule has 0 aromatic heterocycles. The van der Waals surface area contributed by atoms with Gasteiger partial charge in [-0.05, 0) is 40.5 Å². The van der Waals surface area contributed by atoms with Gasteiger partial charge in [-0.2, -0.15) is 0 Å². The monoisotopic (exact) mass is 317 g/mol. The Kier molecular flexibility index (Phi) is 8.66. The summed E-state index contributed by atoms with van der Waals surface area (Å²) in [5.74, 6) is -1.57. The van der Waals surface area contributed by atoms with E-state index in [1.165, 1.54) is 0 Å². The molecule has 0 radical (unpaired) electrons. The number of rotatable bonds is 8. The summed E-state index contributed by atoms with van der Waals surface area (Å²) in [5.41, 5.74) is 10.8. The lowest BCUT2D eigenvalue weighted by Gasteiger charge is -2.22. The Morgan fingerprint density at radius 1 is 1.09 bits per heavy atom. The number of nitrogens with two attached hydrogens (primary N) is 2. The maximum absolute atomic E-state index is 11.7. The minimum Gasteiger partial charge on any atom is -0.465 e. The van der Waals surface area contributed by atoms with Gasteiger partial charge in [0.1, 0.15) is 18.2 Å². The van der Waals surface area contributed by atoms with E-state index in [4.69, 9.17) is 16.2 Å². The molecule has 0 fully saturated rings. The third kappa shape index (κ3) is 9.30. The number of ether oxygens (including phenoxy) is 2. The van der Waals surface area contributed by atoms with Crippen molar-refractivity contribution in [3.05, 3.63) is 0 Å². The molecule has 1 amide bonds. The van der Waals surface area contributed by atoms with Gasteiger partial charge in [0.2, 0.25) is 5.91 Å². The van der Waals surface area contributed by atoms with Crippen LogP contribution in [0.15, 0.2) is 0 Å². The highest BCUT2D eigenvalue weighted by Gasteiger charge is 2.24. The minimum absolute atomic E-state index is 0.203. The highest BCUT2D eigenvalue weighted by molar-refractivity contribution is 5.85. The molecule has 0 spiro atoms. The molecule has 0 saturated heterocycles. The van der Waals surface area contributed by atoms with Crippen molar-refractivity contribution in [1.29, 1.82) is 0 Å². The predicted molar refractivity (Wildman–Crippen MR) is 80.7 cm³/mol. The fourth-order valence-electron chi connectivity index (χ4n) is 1.49. The topological polar surface area (TPSA) is 134 Å². The van der Waals surface area contributed by atoms with E-state index < -0.39 is 35.5 Å². The Morgan fingerprint density at radius 3 is 2.14 bits per heavy atom. The number of carbonyl (C=O) groups is 3. The van der Waals surface area contributed by atoms with E-state index in [1.807, 2.05) is 0 Å². The Bertz CT molecular complexity index is 392. The van der Waals surface area contributed by atoms with E-state index in [0.717, 1.165) is 0 Å². The minimum atomic E-state index is -0.858. The predicted octanol–water partition coefficient (Wildman–Crippen LogP) is -0.558. The fourth-order valence-corrected chi connectivity index (χ4v) is 1.49. The maximum atomic E-state index is 11.7. The van der Waals surface area contributed by atoms with Crippen LogP contribution < -0.4 is 16.8 Å². The molecular weight excluding hydrogens is 290 g/mol. The van der Waals surface area contributed by atoms with Gasteiger partial charge in [0, 0.05) is 0 Å². The summed E-state index contributed by atoms with van der Waals surface area (Å²) in [7, 11) is 0. The molecule has 2 atom stereocenters. The van der Waals surface area contributed by atoms with Crippen LogP contribution in [0, 0.1) is 0 Å². The van der Waals surface area contributed by atoms with E-state index in [9.17, 15) is 14.4 Å². The van der Waals surface area contributed by atoms with Crippen molar-refractivity contribution in [2.75, 3.05) is 13.2 Å². The second-order valence-corrected chi connectivity index (χ2v) is 5.85. The largest absolute Gasteiger partial charge is 0.465 e. The first-order chi connectivity index (χ1) is 10.1. The lowest BCUT2D eigenvalue weighted by atomic mass is 10.1. The molecule has 0 aliphatic carbocycles. The second-order valence-electron chi connectivity index (χ2n) is 5.85. The van der Waals surface area contributed by atoms with E-state index in [1.54, 1.807) is 27.7 Å². The number of amides is 1. The maximum Gasteiger partial charge on any atom is 0.325 e. The van der Waals surface area contributed by atoms with E-state index >= 15 is 0 Å². The molecule has 0 heterocycles. The van der Waals surface area contributed by atoms with Crippen molar-refractivity contribution in [2.24, 2.45) is 11.5 Å². The van der Waals surface area contributed by atoms with Crippen LogP contribution in [-0.4, -0.2) is 48.7 Å². The quantitative estimate of drug-likeness (QED) is 0.511.